The van der Waals surface area contributed by atoms with E-state index in [-0.39, 0.29) is 5.75 Å². The van der Waals surface area contributed by atoms with Crippen LogP contribution in [0.1, 0.15) is 32.6 Å². The van der Waals surface area contributed by atoms with Gasteiger partial charge in [-0.3, -0.25) is 4.55 Å². The van der Waals surface area contributed by atoms with E-state index in [1.54, 1.807) is 0 Å². The highest BCUT2D eigenvalue weighted by molar-refractivity contribution is 7.85. The van der Waals surface area contributed by atoms with E-state index in [4.69, 9.17) is 4.55 Å². The molecular weight excluding hydrogens is 202 g/mol. The monoisotopic (exact) mass is 221 g/mol. The summed E-state index contributed by atoms with van der Waals surface area (Å²) in [4.78, 5) is 0. The Hall–Kier alpha value is -0.130. The summed E-state index contributed by atoms with van der Waals surface area (Å²) in [5.74, 6) is 0.432. The highest BCUT2D eigenvalue weighted by Gasteiger charge is 2.20. The Bertz CT molecular complexity index is 263. The van der Waals surface area contributed by atoms with Crippen LogP contribution >= 0.6 is 0 Å². The molecule has 0 spiro atoms. The first-order valence-corrected chi connectivity index (χ1v) is 6.78. The number of hydrogen-bond acceptors (Lipinski definition) is 3. The van der Waals surface area contributed by atoms with E-state index in [0.29, 0.717) is 18.5 Å². The van der Waals surface area contributed by atoms with E-state index in [9.17, 15) is 8.42 Å². The third-order valence-corrected chi connectivity index (χ3v) is 3.60. The molecule has 14 heavy (non-hydrogen) atoms. The molecule has 0 aliphatic heterocycles. The summed E-state index contributed by atoms with van der Waals surface area (Å²) in [5, 5.41) is 3.19. The lowest BCUT2D eigenvalue weighted by atomic mass is 9.86. The molecule has 0 aromatic heterocycles. The van der Waals surface area contributed by atoms with Crippen molar-refractivity contribution in [2.24, 2.45) is 5.92 Å². The lowest BCUT2D eigenvalue weighted by Gasteiger charge is -2.29. The van der Waals surface area contributed by atoms with Gasteiger partial charge in [-0.1, -0.05) is 19.8 Å². The van der Waals surface area contributed by atoms with Crippen LogP contribution in [0.5, 0.6) is 0 Å². The molecule has 1 saturated carbocycles. The molecule has 84 valence electrons. The van der Waals surface area contributed by atoms with Gasteiger partial charge in [0.1, 0.15) is 0 Å². The van der Waals surface area contributed by atoms with Crippen molar-refractivity contribution in [2.45, 2.75) is 38.6 Å². The van der Waals surface area contributed by atoms with Crippen LogP contribution in [0.4, 0.5) is 0 Å². The summed E-state index contributed by atoms with van der Waals surface area (Å²) in [7, 11) is -3.80. The Labute approximate surface area is 85.8 Å². The van der Waals surface area contributed by atoms with E-state index in [1.807, 2.05) is 0 Å². The van der Waals surface area contributed by atoms with E-state index < -0.39 is 10.1 Å². The summed E-state index contributed by atoms with van der Waals surface area (Å²) in [5.41, 5.74) is 0. The van der Waals surface area contributed by atoms with Crippen LogP contribution in [-0.2, 0) is 10.1 Å². The summed E-state index contributed by atoms with van der Waals surface area (Å²) in [6.07, 6.45) is 4.82. The Morgan fingerprint density at radius 2 is 2.00 bits per heavy atom. The molecule has 4 nitrogen and oxygen atoms in total. The van der Waals surface area contributed by atoms with Gasteiger partial charge in [0, 0.05) is 12.6 Å². The summed E-state index contributed by atoms with van der Waals surface area (Å²) < 4.78 is 29.5. The predicted octanol–water partition coefficient (Wildman–Crippen LogP) is 1.04. The topological polar surface area (TPSA) is 66.4 Å². The number of hydrogen-bond donors (Lipinski definition) is 2. The maximum atomic E-state index is 10.5. The van der Waals surface area contributed by atoms with Crippen LogP contribution in [0.25, 0.3) is 0 Å². The van der Waals surface area contributed by atoms with E-state index in [0.717, 1.165) is 6.42 Å². The first-order valence-electron chi connectivity index (χ1n) is 5.17. The van der Waals surface area contributed by atoms with Crippen LogP contribution in [0.3, 0.4) is 0 Å². The van der Waals surface area contributed by atoms with E-state index in [1.165, 1.54) is 19.3 Å². The van der Waals surface area contributed by atoms with Gasteiger partial charge in [0.05, 0.1) is 5.75 Å². The number of rotatable bonds is 4. The van der Waals surface area contributed by atoms with Gasteiger partial charge in [-0.25, -0.2) is 0 Å². The van der Waals surface area contributed by atoms with Crippen molar-refractivity contribution < 1.29 is 13.0 Å². The Morgan fingerprint density at radius 1 is 1.36 bits per heavy atom. The average molecular weight is 221 g/mol. The Morgan fingerprint density at radius 3 is 2.57 bits per heavy atom. The third kappa shape index (κ3) is 4.39. The molecular formula is C9H19NO3S. The molecule has 2 unspecified atom stereocenters. The minimum absolute atomic E-state index is 0.184. The van der Waals surface area contributed by atoms with E-state index in [2.05, 4.69) is 12.2 Å². The van der Waals surface area contributed by atoms with Crippen LogP contribution in [0.2, 0.25) is 0 Å². The van der Waals surface area contributed by atoms with Gasteiger partial charge < -0.3 is 5.32 Å². The lowest BCUT2D eigenvalue weighted by molar-refractivity contribution is 0.284. The van der Waals surface area contributed by atoms with Crippen molar-refractivity contribution in [1.29, 1.82) is 0 Å². The molecule has 2 N–H and O–H groups in total. The zero-order valence-electron chi connectivity index (χ0n) is 8.57. The van der Waals surface area contributed by atoms with E-state index >= 15 is 0 Å². The predicted molar refractivity (Wildman–Crippen MR) is 55.8 cm³/mol. The minimum atomic E-state index is -3.80. The summed E-state index contributed by atoms with van der Waals surface area (Å²) in [6, 6.07) is 0.422. The molecule has 1 aliphatic rings. The molecule has 1 fully saturated rings. The zero-order chi connectivity index (χ0) is 10.6. The largest absolute Gasteiger partial charge is 0.313 e. The summed E-state index contributed by atoms with van der Waals surface area (Å²) in [6.45, 7) is 2.54. The Balaban J connectivity index is 2.23. The lowest BCUT2D eigenvalue weighted by Crippen LogP contribution is -2.39. The van der Waals surface area contributed by atoms with Crippen molar-refractivity contribution >= 4 is 10.1 Å². The zero-order valence-corrected chi connectivity index (χ0v) is 9.39. The second-order valence-electron chi connectivity index (χ2n) is 4.11. The van der Waals surface area contributed by atoms with Crippen LogP contribution in [0.15, 0.2) is 0 Å². The molecule has 0 saturated heterocycles. The van der Waals surface area contributed by atoms with Crippen LogP contribution in [-0.4, -0.2) is 31.3 Å². The molecule has 1 aliphatic carbocycles. The fourth-order valence-corrected chi connectivity index (χ4v) is 2.37. The molecule has 1 rings (SSSR count). The van der Waals surface area contributed by atoms with Crippen molar-refractivity contribution in [1.82, 2.24) is 5.32 Å². The van der Waals surface area contributed by atoms with Gasteiger partial charge in [-0.15, -0.1) is 0 Å². The van der Waals surface area contributed by atoms with Gasteiger partial charge in [-0.05, 0) is 18.8 Å². The molecule has 0 radical (unpaired) electrons. The number of nitrogens with one attached hydrogen (secondary N) is 1. The standard InChI is InChI=1S/C9H19NO3S/c1-8-4-2-3-5-9(8)10-6-7-14(11,12)13/h8-10H,2-7H2,1H3,(H,11,12,13). The first-order chi connectivity index (χ1) is 6.49. The molecule has 2 atom stereocenters. The highest BCUT2D eigenvalue weighted by atomic mass is 32.2. The first kappa shape index (κ1) is 11.9. The smallest absolute Gasteiger partial charge is 0.266 e. The van der Waals surface area contributed by atoms with Gasteiger partial charge in [0.15, 0.2) is 0 Å². The Kier molecular flexibility index (Phi) is 4.34. The van der Waals surface area contributed by atoms with Crippen molar-refractivity contribution in [2.75, 3.05) is 12.3 Å². The fraction of sp³-hybridized carbons (Fsp3) is 1.00. The minimum Gasteiger partial charge on any atom is -0.313 e. The van der Waals surface area contributed by atoms with Crippen molar-refractivity contribution in [3.8, 4) is 0 Å². The molecule has 0 aromatic carbocycles. The molecule has 5 heteroatoms. The van der Waals surface area contributed by atoms with Crippen molar-refractivity contribution in [3.63, 3.8) is 0 Å². The molecule has 0 bridgehead atoms. The normalized spacial score (nSPS) is 29.0. The van der Waals surface area contributed by atoms with Crippen LogP contribution in [0, 0.1) is 5.92 Å². The van der Waals surface area contributed by atoms with Gasteiger partial charge in [-0.2, -0.15) is 8.42 Å². The van der Waals surface area contributed by atoms with Crippen LogP contribution < -0.4 is 5.32 Å². The highest BCUT2D eigenvalue weighted by Crippen LogP contribution is 2.23. The third-order valence-electron chi connectivity index (χ3n) is 2.88. The average Bonchev–Trinajstić information content (AvgIpc) is 2.06. The quantitative estimate of drug-likeness (QED) is 0.696. The summed E-state index contributed by atoms with van der Waals surface area (Å²) >= 11 is 0. The van der Waals surface area contributed by atoms with Gasteiger partial charge in [0.25, 0.3) is 10.1 Å². The fourth-order valence-electron chi connectivity index (χ4n) is 1.99. The molecule has 0 aromatic rings. The van der Waals surface area contributed by atoms with Gasteiger partial charge in [0.2, 0.25) is 0 Å². The maximum Gasteiger partial charge on any atom is 0.266 e. The van der Waals surface area contributed by atoms with Gasteiger partial charge >= 0.3 is 0 Å². The maximum absolute atomic E-state index is 10.5. The second kappa shape index (κ2) is 5.09. The SMILES string of the molecule is CC1CCCCC1NCCS(=O)(=O)O. The van der Waals surface area contributed by atoms with Crippen molar-refractivity contribution in [3.05, 3.63) is 0 Å². The second-order valence-corrected chi connectivity index (χ2v) is 5.68. The molecule has 0 heterocycles. The molecule has 0 amide bonds.